The molecule has 0 bridgehead atoms. The van der Waals surface area contributed by atoms with Crippen molar-refractivity contribution in [3.8, 4) is 6.07 Å². The number of nitrogens with zero attached hydrogens (tertiary/aromatic N) is 2. The number of ether oxygens (including phenoxy) is 1. The zero-order chi connectivity index (χ0) is 14.4. The lowest BCUT2D eigenvalue weighted by Gasteiger charge is -2.28. The number of β-amino-alcohol motifs (C(OH)–C–C–N with tert-alkyl or cyclic N) is 1. The molecule has 1 atom stereocenters. The molecule has 1 aliphatic heterocycles. The Morgan fingerprint density at radius 2 is 2.20 bits per heavy atom. The van der Waals surface area contributed by atoms with Crippen LogP contribution in [0.25, 0.3) is 0 Å². The number of nitriles is 1. The van der Waals surface area contributed by atoms with Crippen LogP contribution in [0.3, 0.4) is 0 Å². The molecule has 5 nitrogen and oxygen atoms in total. The third kappa shape index (κ3) is 4.36. The zero-order valence-corrected chi connectivity index (χ0v) is 11.9. The van der Waals surface area contributed by atoms with E-state index in [1.54, 1.807) is 18.2 Å². The van der Waals surface area contributed by atoms with Gasteiger partial charge in [0.25, 0.3) is 0 Å². The molecule has 2 N–H and O–H groups in total. The molecule has 0 spiro atoms. The van der Waals surface area contributed by atoms with E-state index in [-0.39, 0.29) is 0 Å². The third-order valence-corrected chi connectivity index (χ3v) is 3.44. The molecular weight excluding hydrogens is 278 g/mol. The lowest BCUT2D eigenvalue weighted by atomic mass is 10.2. The minimum Gasteiger partial charge on any atom is -0.390 e. The number of hydrogen-bond acceptors (Lipinski definition) is 5. The second-order valence-electron chi connectivity index (χ2n) is 4.75. The predicted octanol–water partition coefficient (Wildman–Crippen LogP) is 1.32. The number of benzene rings is 1. The van der Waals surface area contributed by atoms with Crippen molar-refractivity contribution in [3.63, 3.8) is 0 Å². The van der Waals surface area contributed by atoms with E-state index >= 15 is 0 Å². The van der Waals surface area contributed by atoms with Crippen molar-refractivity contribution in [3.05, 3.63) is 28.8 Å². The van der Waals surface area contributed by atoms with E-state index < -0.39 is 6.10 Å². The highest BCUT2D eigenvalue weighted by molar-refractivity contribution is 6.30. The van der Waals surface area contributed by atoms with Gasteiger partial charge in [-0.1, -0.05) is 11.6 Å². The van der Waals surface area contributed by atoms with Gasteiger partial charge in [-0.2, -0.15) is 5.26 Å². The van der Waals surface area contributed by atoms with Gasteiger partial charge in [0.2, 0.25) is 0 Å². The monoisotopic (exact) mass is 295 g/mol. The average Bonchev–Trinajstić information content (AvgIpc) is 2.47. The van der Waals surface area contributed by atoms with E-state index in [0.29, 0.717) is 29.4 Å². The Morgan fingerprint density at radius 1 is 1.45 bits per heavy atom. The van der Waals surface area contributed by atoms with E-state index in [4.69, 9.17) is 21.6 Å². The van der Waals surface area contributed by atoms with Gasteiger partial charge in [0.05, 0.1) is 30.6 Å². The molecule has 6 heteroatoms. The van der Waals surface area contributed by atoms with Gasteiger partial charge in [0, 0.05) is 31.2 Å². The fraction of sp³-hybridized carbons (Fsp3) is 0.500. The minimum atomic E-state index is -0.490. The summed E-state index contributed by atoms with van der Waals surface area (Å²) < 4.78 is 5.26. The molecule has 20 heavy (non-hydrogen) atoms. The van der Waals surface area contributed by atoms with Gasteiger partial charge in [-0.05, 0) is 18.2 Å². The molecule has 0 unspecified atom stereocenters. The van der Waals surface area contributed by atoms with E-state index in [1.165, 1.54) is 0 Å². The number of morpholine rings is 1. The van der Waals surface area contributed by atoms with Crippen LogP contribution in [0.15, 0.2) is 18.2 Å². The number of anilines is 1. The molecule has 0 saturated carbocycles. The lowest BCUT2D eigenvalue weighted by molar-refractivity contribution is 0.0171. The normalized spacial score (nSPS) is 17.4. The second kappa shape index (κ2) is 7.46. The number of aliphatic hydroxyl groups excluding tert-OH is 1. The maximum absolute atomic E-state index is 10.0. The average molecular weight is 296 g/mol. The third-order valence-electron chi connectivity index (χ3n) is 3.20. The van der Waals surface area contributed by atoms with Crippen LogP contribution in [0, 0.1) is 11.3 Å². The molecule has 2 rings (SSSR count). The summed E-state index contributed by atoms with van der Waals surface area (Å²) >= 11 is 5.84. The molecule has 1 fully saturated rings. The lowest BCUT2D eigenvalue weighted by Crippen LogP contribution is -2.42. The van der Waals surface area contributed by atoms with Crippen LogP contribution >= 0.6 is 11.6 Å². The van der Waals surface area contributed by atoms with Crippen LogP contribution in [0.2, 0.25) is 5.02 Å². The fourth-order valence-electron chi connectivity index (χ4n) is 2.14. The summed E-state index contributed by atoms with van der Waals surface area (Å²) in [5.74, 6) is 0. The smallest absolute Gasteiger partial charge is 0.101 e. The molecular formula is C14H18ClN3O2. The van der Waals surface area contributed by atoms with Crippen molar-refractivity contribution >= 4 is 17.3 Å². The molecule has 0 aliphatic carbocycles. The number of hydrogen-bond donors (Lipinski definition) is 2. The number of halogens is 1. The van der Waals surface area contributed by atoms with Gasteiger partial charge in [-0.15, -0.1) is 0 Å². The molecule has 1 heterocycles. The highest BCUT2D eigenvalue weighted by Gasteiger charge is 2.15. The van der Waals surface area contributed by atoms with Gasteiger partial charge in [0.1, 0.15) is 6.07 Å². The SMILES string of the molecule is N#Cc1cc(Cl)ccc1NC[C@@H](O)CN1CCOCC1. The first kappa shape index (κ1) is 15.1. The second-order valence-corrected chi connectivity index (χ2v) is 5.19. The van der Waals surface area contributed by atoms with Gasteiger partial charge in [-0.3, -0.25) is 4.90 Å². The first-order valence-electron chi connectivity index (χ1n) is 6.60. The van der Waals surface area contributed by atoms with Gasteiger partial charge >= 0.3 is 0 Å². The number of rotatable bonds is 5. The Balaban J connectivity index is 1.83. The molecule has 0 aromatic heterocycles. The highest BCUT2D eigenvalue weighted by Crippen LogP contribution is 2.19. The Morgan fingerprint density at radius 3 is 2.90 bits per heavy atom. The molecule has 1 aliphatic rings. The standard InChI is InChI=1S/C14H18ClN3O2/c15-12-1-2-14(11(7-12)8-16)17-9-13(19)10-18-3-5-20-6-4-18/h1-2,7,13,17,19H,3-6,9-10H2/t13-/m1/s1. The van der Waals surface area contributed by atoms with Crippen LogP contribution in [0.4, 0.5) is 5.69 Å². The number of aliphatic hydroxyl groups is 1. The Hall–Kier alpha value is -1.32. The summed E-state index contributed by atoms with van der Waals surface area (Å²) in [6.45, 7) is 4.13. The molecule has 0 amide bonds. The maximum atomic E-state index is 10.0. The van der Waals surface area contributed by atoms with E-state index in [0.717, 1.165) is 26.3 Å². The van der Waals surface area contributed by atoms with Crippen molar-refractivity contribution in [2.45, 2.75) is 6.10 Å². The molecule has 1 saturated heterocycles. The molecule has 0 radical (unpaired) electrons. The Kier molecular flexibility index (Phi) is 5.62. The summed E-state index contributed by atoms with van der Waals surface area (Å²) in [6.07, 6.45) is -0.490. The highest BCUT2D eigenvalue weighted by atomic mass is 35.5. The molecule has 1 aromatic carbocycles. The number of nitrogens with one attached hydrogen (secondary N) is 1. The molecule has 1 aromatic rings. The van der Waals surface area contributed by atoms with Crippen molar-refractivity contribution in [1.82, 2.24) is 4.90 Å². The van der Waals surface area contributed by atoms with Gasteiger partial charge in [0.15, 0.2) is 0 Å². The van der Waals surface area contributed by atoms with Crippen molar-refractivity contribution in [1.29, 1.82) is 5.26 Å². The summed E-state index contributed by atoms with van der Waals surface area (Å²) in [5.41, 5.74) is 1.18. The van der Waals surface area contributed by atoms with Crippen molar-refractivity contribution in [2.24, 2.45) is 0 Å². The summed E-state index contributed by atoms with van der Waals surface area (Å²) in [5, 5.41) is 22.7. The summed E-state index contributed by atoms with van der Waals surface area (Å²) in [4.78, 5) is 2.17. The Labute approximate surface area is 123 Å². The van der Waals surface area contributed by atoms with Crippen molar-refractivity contribution in [2.75, 3.05) is 44.7 Å². The van der Waals surface area contributed by atoms with Crippen LogP contribution in [-0.4, -0.2) is 55.5 Å². The van der Waals surface area contributed by atoms with E-state index in [2.05, 4.69) is 16.3 Å². The first-order chi connectivity index (χ1) is 9.69. The zero-order valence-electron chi connectivity index (χ0n) is 11.2. The van der Waals surface area contributed by atoms with Gasteiger partial charge in [-0.25, -0.2) is 0 Å². The van der Waals surface area contributed by atoms with E-state index in [1.807, 2.05) is 0 Å². The Bertz CT molecular complexity index is 484. The van der Waals surface area contributed by atoms with Crippen molar-refractivity contribution < 1.29 is 9.84 Å². The fourth-order valence-corrected chi connectivity index (χ4v) is 2.31. The van der Waals surface area contributed by atoms with Crippen LogP contribution in [-0.2, 0) is 4.74 Å². The van der Waals surface area contributed by atoms with Crippen LogP contribution < -0.4 is 5.32 Å². The minimum absolute atomic E-state index is 0.396. The summed E-state index contributed by atoms with van der Waals surface area (Å²) in [7, 11) is 0. The van der Waals surface area contributed by atoms with E-state index in [9.17, 15) is 5.11 Å². The summed E-state index contributed by atoms with van der Waals surface area (Å²) in [6, 6.07) is 7.17. The predicted molar refractivity (Wildman–Crippen MR) is 77.9 cm³/mol. The van der Waals surface area contributed by atoms with Crippen LogP contribution in [0.5, 0.6) is 0 Å². The quantitative estimate of drug-likeness (QED) is 0.857. The maximum Gasteiger partial charge on any atom is 0.101 e. The van der Waals surface area contributed by atoms with Crippen LogP contribution in [0.1, 0.15) is 5.56 Å². The molecule has 108 valence electrons. The topological polar surface area (TPSA) is 68.5 Å². The largest absolute Gasteiger partial charge is 0.390 e. The first-order valence-corrected chi connectivity index (χ1v) is 6.98. The van der Waals surface area contributed by atoms with Gasteiger partial charge < -0.3 is 15.2 Å².